The first-order valence-corrected chi connectivity index (χ1v) is 3.39. The highest BCUT2D eigenvalue weighted by atomic mass is 16.6. The second-order valence-electron chi connectivity index (χ2n) is 2.37. The molecule has 0 saturated carbocycles. The van der Waals surface area contributed by atoms with E-state index in [-0.39, 0.29) is 5.69 Å². The number of nitrogens with zero attached hydrogens (tertiary/aromatic N) is 2. The summed E-state index contributed by atoms with van der Waals surface area (Å²) in [6.07, 6.45) is 0.438. The van der Waals surface area contributed by atoms with Crippen molar-refractivity contribution in [3.63, 3.8) is 0 Å². The molecule has 0 spiro atoms. The topological polar surface area (TPSA) is 76.3 Å². The van der Waals surface area contributed by atoms with Gasteiger partial charge < -0.3 is 5.11 Å². The van der Waals surface area contributed by atoms with Gasteiger partial charge in [0.1, 0.15) is 6.20 Å². The molecule has 0 bridgehead atoms. The zero-order valence-electron chi connectivity index (χ0n) is 6.47. The van der Waals surface area contributed by atoms with Gasteiger partial charge in [0.05, 0.1) is 16.7 Å². The zero-order valence-corrected chi connectivity index (χ0v) is 6.47. The molecule has 0 unspecified atom stereocenters. The largest absolute Gasteiger partial charge is 0.387 e. The van der Waals surface area contributed by atoms with Crippen LogP contribution >= 0.6 is 0 Å². The highest BCUT2D eigenvalue weighted by Gasteiger charge is 2.07. The molecule has 5 heteroatoms. The lowest BCUT2D eigenvalue weighted by atomic mass is 10.2. The summed E-state index contributed by atoms with van der Waals surface area (Å²) >= 11 is 0. The number of hydrogen-bond donors (Lipinski definition) is 1. The zero-order chi connectivity index (χ0) is 9.14. The average molecular weight is 168 g/mol. The Morgan fingerprint density at radius 1 is 1.67 bits per heavy atom. The van der Waals surface area contributed by atoms with Crippen LogP contribution in [0.2, 0.25) is 0 Å². The van der Waals surface area contributed by atoms with Crippen molar-refractivity contribution in [2.45, 2.75) is 13.0 Å². The molecule has 64 valence electrons. The number of aliphatic hydroxyl groups excluding tert-OH is 1. The van der Waals surface area contributed by atoms with Gasteiger partial charge in [-0.15, -0.1) is 0 Å². The molecule has 0 aliphatic carbocycles. The van der Waals surface area contributed by atoms with Gasteiger partial charge in [0.15, 0.2) is 0 Å². The van der Waals surface area contributed by atoms with Gasteiger partial charge in [-0.3, -0.25) is 15.1 Å². The maximum atomic E-state index is 10.2. The third-order valence-corrected chi connectivity index (χ3v) is 1.41. The summed E-state index contributed by atoms with van der Waals surface area (Å²) in [4.78, 5) is 13.4. The van der Waals surface area contributed by atoms with E-state index in [0.29, 0.717) is 5.69 Å². The molecule has 0 fully saturated rings. The molecule has 1 N–H and O–H groups in total. The van der Waals surface area contributed by atoms with E-state index in [2.05, 4.69) is 4.98 Å². The van der Waals surface area contributed by atoms with E-state index in [1.807, 2.05) is 0 Å². The standard InChI is InChI=1S/C7H8N2O3/c1-5(10)7-3-2-6(4-8-7)9(11)12/h2-5,10H,1H3/t5-/m1/s1. The minimum atomic E-state index is -0.689. The first kappa shape index (κ1) is 8.61. The molecule has 12 heavy (non-hydrogen) atoms. The van der Waals surface area contributed by atoms with Gasteiger partial charge in [-0.2, -0.15) is 0 Å². The monoisotopic (exact) mass is 168 g/mol. The van der Waals surface area contributed by atoms with Crippen LogP contribution in [0.3, 0.4) is 0 Å². The molecule has 0 radical (unpaired) electrons. The lowest BCUT2D eigenvalue weighted by Gasteiger charge is -2.00. The lowest BCUT2D eigenvalue weighted by Crippen LogP contribution is -1.96. The van der Waals surface area contributed by atoms with Crippen LogP contribution in [-0.2, 0) is 0 Å². The molecule has 0 saturated heterocycles. The second kappa shape index (κ2) is 3.27. The van der Waals surface area contributed by atoms with Gasteiger partial charge in [-0.25, -0.2) is 0 Å². The summed E-state index contributed by atoms with van der Waals surface area (Å²) in [6, 6.07) is 2.75. The summed E-state index contributed by atoms with van der Waals surface area (Å²) in [5.74, 6) is 0. The first-order chi connectivity index (χ1) is 5.61. The molecule has 1 heterocycles. The van der Waals surface area contributed by atoms with E-state index >= 15 is 0 Å². The molecule has 1 rings (SSSR count). The Morgan fingerprint density at radius 3 is 2.67 bits per heavy atom. The van der Waals surface area contributed by atoms with Crippen LogP contribution in [0.1, 0.15) is 18.7 Å². The van der Waals surface area contributed by atoms with Crippen LogP contribution in [0.15, 0.2) is 18.3 Å². The van der Waals surface area contributed by atoms with E-state index in [9.17, 15) is 10.1 Å². The molecule has 0 aliphatic heterocycles. The predicted molar refractivity (Wildman–Crippen MR) is 41.5 cm³/mol. The van der Waals surface area contributed by atoms with Crippen molar-refractivity contribution in [2.75, 3.05) is 0 Å². The van der Waals surface area contributed by atoms with E-state index in [0.717, 1.165) is 6.20 Å². The summed E-state index contributed by atoms with van der Waals surface area (Å²) in [7, 11) is 0. The molecule has 0 aromatic carbocycles. The van der Waals surface area contributed by atoms with E-state index in [4.69, 9.17) is 5.11 Å². The van der Waals surface area contributed by atoms with Crippen LogP contribution in [-0.4, -0.2) is 15.0 Å². The minimum absolute atomic E-state index is 0.0700. The third-order valence-electron chi connectivity index (χ3n) is 1.41. The minimum Gasteiger partial charge on any atom is -0.387 e. The Hall–Kier alpha value is -1.49. The number of aromatic nitrogens is 1. The second-order valence-corrected chi connectivity index (χ2v) is 2.37. The van der Waals surface area contributed by atoms with Crippen molar-refractivity contribution in [2.24, 2.45) is 0 Å². The summed E-state index contributed by atoms with van der Waals surface area (Å²) in [5, 5.41) is 19.2. The van der Waals surface area contributed by atoms with E-state index in [1.54, 1.807) is 6.92 Å². The van der Waals surface area contributed by atoms with Gasteiger partial charge in [0, 0.05) is 6.07 Å². The van der Waals surface area contributed by atoms with Gasteiger partial charge in [0.2, 0.25) is 0 Å². The van der Waals surface area contributed by atoms with Gasteiger partial charge in [-0.1, -0.05) is 0 Å². The van der Waals surface area contributed by atoms with Crippen molar-refractivity contribution in [1.29, 1.82) is 0 Å². The SMILES string of the molecule is C[C@@H](O)c1ccc([N+](=O)[O-])cn1. The Kier molecular flexibility index (Phi) is 2.35. The van der Waals surface area contributed by atoms with Crippen LogP contribution in [0.4, 0.5) is 5.69 Å². The summed E-state index contributed by atoms with van der Waals surface area (Å²) < 4.78 is 0. The molecule has 5 nitrogen and oxygen atoms in total. The Balaban J connectivity index is 2.93. The van der Waals surface area contributed by atoms with Crippen molar-refractivity contribution < 1.29 is 10.0 Å². The fourth-order valence-electron chi connectivity index (χ4n) is 0.753. The fourth-order valence-corrected chi connectivity index (χ4v) is 0.753. The highest BCUT2D eigenvalue weighted by molar-refractivity contribution is 5.27. The first-order valence-electron chi connectivity index (χ1n) is 3.39. The summed E-state index contributed by atoms with van der Waals surface area (Å²) in [5.41, 5.74) is 0.361. The van der Waals surface area contributed by atoms with Crippen LogP contribution in [0.5, 0.6) is 0 Å². The van der Waals surface area contributed by atoms with Crippen LogP contribution in [0, 0.1) is 10.1 Å². The molecule has 0 aliphatic rings. The van der Waals surface area contributed by atoms with Gasteiger partial charge in [-0.05, 0) is 13.0 Å². The number of rotatable bonds is 2. The molecular weight excluding hydrogens is 160 g/mol. The summed E-state index contributed by atoms with van der Waals surface area (Å²) in [6.45, 7) is 1.55. The van der Waals surface area contributed by atoms with Crippen LogP contribution in [0.25, 0.3) is 0 Å². The average Bonchev–Trinajstić information content (AvgIpc) is 2.04. The molecule has 1 atom stereocenters. The third kappa shape index (κ3) is 1.76. The van der Waals surface area contributed by atoms with Crippen molar-refractivity contribution in [3.05, 3.63) is 34.1 Å². The molecule has 0 amide bonds. The Bertz CT molecular complexity index is 281. The van der Waals surface area contributed by atoms with Gasteiger partial charge in [0.25, 0.3) is 5.69 Å². The maximum Gasteiger partial charge on any atom is 0.287 e. The lowest BCUT2D eigenvalue weighted by molar-refractivity contribution is -0.385. The maximum absolute atomic E-state index is 10.2. The molecular formula is C7H8N2O3. The normalized spacial score (nSPS) is 12.5. The molecule has 1 aromatic rings. The smallest absolute Gasteiger partial charge is 0.287 e. The number of hydrogen-bond acceptors (Lipinski definition) is 4. The Labute approximate surface area is 68.8 Å². The number of nitro groups is 1. The van der Waals surface area contributed by atoms with E-state index < -0.39 is 11.0 Å². The number of pyridine rings is 1. The quantitative estimate of drug-likeness (QED) is 0.528. The van der Waals surface area contributed by atoms with E-state index in [1.165, 1.54) is 12.1 Å². The fraction of sp³-hybridized carbons (Fsp3) is 0.286. The van der Waals surface area contributed by atoms with Crippen molar-refractivity contribution in [3.8, 4) is 0 Å². The molecule has 1 aromatic heterocycles. The van der Waals surface area contributed by atoms with Crippen molar-refractivity contribution in [1.82, 2.24) is 4.98 Å². The number of aliphatic hydroxyl groups is 1. The van der Waals surface area contributed by atoms with Crippen LogP contribution < -0.4 is 0 Å². The van der Waals surface area contributed by atoms with Gasteiger partial charge >= 0.3 is 0 Å². The highest BCUT2D eigenvalue weighted by Crippen LogP contribution is 2.13. The predicted octanol–water partition coefficient (Wildman–Crippen LogP) is 1.04. The Morgan fingerprint density at radius 2 is 2.33 bits per heavy atom. The van der Waals surface area contributed by atoms with Crippen molar-refractivity contribution >= 4 is 5.69 Å².